The molecule has 1 fully saturated rings. The zero-order valence-electron chi connectivity index (χ0n) is 10.5. The number of benzene rings is 1. The lowest BCUT2D eigenvalue weighted by Crippen LogP contribution is -2.48. The molecule has 0 unspecified atom stereocenters. The fourth-order valence-electron chi connectivity index (χ4n) is 2.29. The van der Waals surface area contributed by atoms with Crippen molar-refractivity contribution in [1.29, 1.82) is 0 Å². The van der Waals surface area contributed by atoms with E-state index in [2.05, 4.69) is 4.90 Å². The number of rotatable bonds is 5. The van der Waals surface area contributed by atoms with Crippen molar-refractivity contribution < 1.29 is 4.39 Å². The summed E-state index contributed by atoms with van der Waals surface area (Å²) in [7, 11) is 2.02. The zero-order valence-corrected chi connectivity index (χ0v) is 10.5. The molecule has 1 aliphatic rings. The van der Waals surface area contributed by atoms with Crippen molar-refractivity contribution in [3.8, 4) is 0 Å². The summed E-state index contributed by atoms with van der Waals surface area (Å²) in [5.74, 6) is -0.120. The Morgan fingerprint density at radius 3 is 2.65 bits per heavy atom. The highest BCUT2D eigenvalue weighted by molar-refractivity contribution is 5.17. The van der Waals surface area contributed by atoms with Crippen LogP contribution in [-0.4, -0.2) is 24.0 Å². The third kappa shape index (κ3) is 3.27. The van der Waals surface area contributed by atoms with Crippen LogP contribution in [0.4, 0.5) is 4.39 Å². The second kappa shape index (κ2) is 5.15. The van der Waals surface area contributed by atoms with E-state index in [4.69, 9.17) is 5.73 Å². The van der Waals surface area contributed by atoms with Gasteiger partial charge in [-0.2, -0.15) is 0 Å². The van der Waals surface area contributed by atoms with Gasteiger partial charge < -0.3 is 10.6 Å². The van der Waals surface area contributed by atoms with Crippen LogP contribution >= 0.6 is 0 Å². The van der Waals surface area contributed by atoms with E-state index in [0.717, 1.165) is 31.4 Å². The third-order valence-corrected chi connectivity index (χ3v) is 3.74. The van der Waals surface area contributed by atoms with Crippen molar-refractivity contribution in [3.63, 3.8) is 0 Å². The minimum Gasteiger partial charge on any atom is -0.325 e. The highest BCUT2D eigenvalue weighted by Crippen LogP contribution is 2.32. The fraction of sp³-hybridized carbons (Fsp3) is 0.571. The van der Waals surface area contributed by atoms with Gasteiger partial charge in [0, 0.05) is 17.6 Å². The van der Waals surface area contributed by atoms with Gasteiger partial charge in [-0.3, -0.25) is 0 Å². The predicted molar refractivity (Wildman–Crippen MR) is 68.1 cm³/mol. The Balaban J connectivity index is 1.81. The van der Waals surface area contributed by atoms with Gasteiger partial charge >= 0.3 is 0 Å². The predicted octanol–water partition coefficient (Wildman–Crippen LogP) is 2.53. The molecule has 0 atom stereocenters. The average Bonchev–Trinajstić information content (AvgIpc) is 2.27. The molecule has 0 radical (unpaired) electrons. The van der Waals surface area contributed by atoms with Gasteiger partial charge in [-0.1, -0.05) is 18.2 Å². The molecule has 0 heterocycles. The highest BCUT2D eigenvalue weighted by Gasteiger charge is 2.31. The van der Waals surface area contributed by atoms with Crippen LogP contribution < -0.4 is 5.73 Å². The van der Waals surface area contributed by atoms with Crippen LogP contribution in [0.1, 0.15) is 31.2 Å². The van der Waals surface area contributed by atoms with Crippen LogP contribution in [0, 0.1) is 5.82 Å². The molecule has 2 N–H and O–H groups in total. The summed E-state index contributed by atoms with van der Waals surface area (Å²) >= 11 is 0. The second-order valence-corrected chi connectivity index (χ2v) is 5.30. The molecule has 94 valence electrons. The topological polar surface area (TPSA) is 29.3 Å². The van der Waals surface area contributed by atoms with E-state index >= 15 is 0 Å². The van der Waals surface area contributed by atoms with Crippen LogP contribution in [0.15, 0.2) is 24.3 Å². The van der Waals surface area contributed by atoms with Gasteiger partial charge in [0.15, 0.2) is 0 Å². The van der Waals surface area contributed by atoms with Crippen LogP contribution in [0.3, 0.4) is 0 Å². The maximum atomic E-state index is 13.5. The number of halogens is 1. The molecule has 17 heavy (non-hydrogen) atoms. The fourth-order valence-corrected chi connectivity index (χ4v) is 2.29. The highest BCUT2D eigenvalue weighted by atomic mass is 19.1. The van der Waals surface area contributed by atoms with Crippen molar-refractivity contribution >= 4 is 0 Å². The van der Waals surface area contributed by atoms with E-state index < -0.39 is 0 Å². The maximum absolute atomic E-state index is 13.5. The van der Waals surface area contributed by atoms with Gasteiger partial charge in [0.2, 0.25) is 0 Å². The first-order valence-corrected chi connectivity index (χ1v) is 6.30. The number of nitrogens with zero attached hydrogens (tertiary/aromatic N) is 1. The largest absolute Gasteiger partial charge is 0.325 e. The first kappa shape index (κ1) is 12.5. The van der Waals surface area contributed by atoms with Gasteiger partial charge in [-0.25, -0.2) is 4.39 Å². The lowest BCUT2D eigenvalue weighted by Gasteiger charge is -2.39. The van der Waals surface area contributed by atoms with Gasteiger partial charge in [-0.15, -0.1) is 0 Å². The summed E-state index contributed by atoms with van der Waals surface area (Å²) in [6.07, 6.45) is 4.55. The van der Waals surface area contributed by atoms with Crippen molar-refractivity contribution in [2.24, 2.45) is 5.73 Å². The molecule has 0 spiro atoms. The SMILES string of the molecule is CN(CCC1(N)CCC1)Cc1ccccc1F. The van der Waals surface area contributed by atoms with Crippen LogP contribution in [0.5, 0.6) is 0 Å². The summed E-state index contributed by atoms with van der Waals surface area (Å²) in [5, 5.41) is 0. The average molecular weight is 236 g/mol. The number of nitrogens with two attached hydrogens (primary N) is 1. The quantitative estimate of drug-likeness (QED) is 0.851. The van der Waals surface area contributed by atoms with Gasteiger partial charge in [0.25, 0.3) is 0 Å². The van der Waals surface area contributed by atoms with E-state index in [1.165, 1.54) is 12.5 Å². The molecule has 0 amide bonds. The Hall–Kier alpha value is -0.930. The summed E-state index contributed by atoms with van der Waals surface area (Å²) in [6.45, 7) is 1.59. The van der Waals surface area contributed by atoms with E-state index in [1.54, 1.807) is 6.07 Å². The molecule has 2 nitrogen and oxygen atoms in total. The Bertz CT molecular complexity index is 374. The first-order valence-electron chi connectivity index (χ1n) is 6.30. The van der Waals surface area contributed by atoms with E-state index in [9.17, 15) is 4.39 Å². The van der Waals surface area contributed by atoms with Crippen molar-refractivity contribution in [1.82, 2.24) is 4.90 Å². The molecule has 0 aromatic heterocycles. The van der Waals surface area contributed by atoms with Crippen LogP contribution in [-0.2, 0) is 6.54 Å². The molecule has 0 bridgehead atoms. The maximum Gasteiger partial charge on any atom is 0.127 e. The van der Waals surface area contributed by atoms with Gasteiger partial charge in [-0.05, 0) is 45.3 Å². The normalized spacial score (nSPS) is 18.1. The Labute approximate surface area is 103 Å². The smallest absolute Gasteiger partial charge is 0.127 e. The van der Waals surface area contributed by atoms with Gasteiger partial charge in [0.05, 0.1) is 0 Å². The van der Waals surface area contributed by atoms with Crippen molar-refractivity contribution in [2.75, 3.05) is 13.6 Å². The summed E-state index contributed by atoms with van der Waals surface area (Å²) in [6, 6.07) is 6.96. The molecule has 3 heteroatoms. The standard InChI is InChI=1S/C14H21FN2/c1-17(10-9-14(16)7-4-8-14)11-12-5-2-3-6-13(12)15/h2-3,5-6H,4,7-11,16H2,1H3. The van der Waals surface area contributed by atoms with Gasteiger partial charge in [0.1, 0.15) is 5.82 Å². The minimum atomic E-state index is -0.120. The molecule has 1 aromatic rings. The third-order valence-electron chi connectivity index (χ3n) is 3.74. The Morgan fingerprint density at radius 1 is 1.35 bits per heavy atom. The molecule has 1 aliphatic carbocycles. The van der Waals surface area contributed by atoms with Crippen LogP contribution in [0.2, 0.25) is 0 Å². The Morgan fingerprint density at radius 2 is 2.06 bits per heavy atom. The molecule has 0 saturated heterocycles. The molecular formula is C14H21FN2. The zero-order chi connectivity index (χ0) is 12.3. The summed E-state index contributed by atoms with van der Waals surface area (Å²) in [4.78, 5) is 2.14. The van der Waals surface area contributed by atoms with Crippen LogP contribution in [0.25, 0.3) is 0 Å². The van der Waals surface area contributed by atoms with Crippen molar-refractivity contribution in [2.45, 2.75) is 37.8 Å². The van der Waals surface area contributed by atoms with E-state index in [1.807, 2.05) is 19.2 Å². The number of hydrogen-bond donors (Lipinski definition) is 1. The lowest BCUT2D eigenvalue weighted by atomic mass is 9.75. The summed E-state index contributed by atoms with van der Waals surface area (Å²) < 4.78 is 13.5. The van der Waals surface area contributed by atoms with E-state index in [-0.39, 0.29) is 11.4 Å². The minimum absolute atomic E-state index is 0.0590. The monoisotopic (exact) mass is 236 g/mol. The second-order valence-electron chi connectivity index (χ2n) is 5.30. The lowest BCUT2D eigenvalue weighted by molar-refractivity contribution is 0.193. The van der Waals surface area contributed by atoms with E-state index in [0.29, 0.717) is 6.54 Å². The Kier molecular flexibility index (Phi) is 3.79. The molecule has 1 saturated carbocycles. The summed E-state index contributed by atoms with van der Waals surface area (Å²) in [5.41, 5.74) is 6.99. The molecular weight excluding hydrogens is 215 g/mol. The van der Waals surface area contributed by atoms with Crippen molar-refractivity contribution in [3.05, 3.63) is 35.6 Å². The first-order chi connectivity index (χ1) is 8.09. The molecule has 2 rings (SSSR count). The number of hydrogen-bond acceptors (Lipinski definition) is 2. The molecule has 0 aliphatic heterocycles. The molecule has 1 aromatic carbocycles.